The van der Waals surface area contributed by atoms with E-state index in [0.717, 1.165) is 0 Å². The maximum atomic E-state index is 13.6. The first-order chi connectivity index (χ1) is 17.3. The van der Waals surface area contributed by atoms with E-state index in [-0.39, 0.29) is 31.1 Å². The van der Waals surface area contributed by atoms with Gasteiger partial charge in [0, 0.05) is 5.92 Å². The SMILES string of the molecule is CCOC(=O)[C@H](C)NP(=O)(OC[C@@H]1C=C[C@H](n2cnc3c(OC)nc(N)nc32)C1)Oc1ccccc1. The lowest BCUT2D eigenvalue weighted by Gasteiger charge is -2.24. The van der Waals surface area contributed by atoms with E-state index in [1.54, 1.807) is 44.4 Å². The number of esters is 1. The van der Waals surface area contributed by atoms with Crippen molar-refractivity contribution in [3.05, 3.63) is 48.8 Å². The van der Waals surface area contributed by atoms with Crippen LogP contribution < -0.4 is 20.1 Å². The smallest absolute Gasteiger partial charge is 0.459 e. The van der Waals surface area contributed by atoms with E-state index in [4.69, 9.17) is 24.3 Å². The number of carbonyl (C=O) groups excluding carboxylic acids is 1. The highest BCUT2D eigenvalue weighted by Crippen LogP contribution is 2.46. The first-order valence-corrected chi connectivity index (χ1v) is 13.0. The van der Waals surface area contributed by atoms with Gasteiger partial charge in [-0.3, -0.25) is 9.32 Å². The molecule has 1 aromatic carbocycles. The second-order valence-electron chi connectivity index (χ2n) is 8.16. The molecule has 36 heavy (non-hydrogen) atoms. The Hall–Kier alpha value is -3.47. The van der Waals surface area contributed by atoms with Gasteiger partial charge in [0.1, 0.15) is 11.8 Å². The third-order valence-electron chi connectivity index (χ3n) is 5.53. The number of methoxy groups -OCH3 is 1. The van der Waals surface area contributed by atoms with Gasteiger partial charge in [-0.15, -0.1) is 0 Å². The molecule has 3 N–H and O–H groups in total. The van der Waals surface area contributed by atoms with Gasteiger partial charge < -0.3 is 24.3 Å². The molecular weight excluding hydrogens is 487 g/mol. The molecule has 192 valence electrons. The summed E-state index contributed by atoms with van der Waals surface area (Å²) in [5.41, 5.74) is 6.89. The number of rotatable bonds is 11. The van der Waals surface area contributed by atoms with E-state index in [1.165, 1.54) is 7.11 Å². The highest BCUT2D eigenvalue weighted by Gasteiger charge is 2.34. The van der Waals surface area contributed by atoms with Crippen LogP contribution in [-0.4, -0.2) is 51.9 Å². The molecule has 4 atom stereocenters. The number of aromatic nitrogens is 4. The van der Waals surface area contributed by atoms with E-state index >= 15 is 0 Å². The molecule has 1 aliphatic rings. The van der Waals surface area contributed by atoms with Gasteiger partial charge in [-0.25, -0.2) is 9.55 Å². The van der Waals surface area contributed by atoms with Crippen molar-refractivity contribution in [2.45, 2.75) is 32.4 Å². The minimum absolute atomic E-state index is 0.0801. The zero-order chi connectivity index (χ0) is 25.7. The van der Waals surface area contributed by atoms with Gasteiger partial charge in [-0.05, 0) is 32.4 Å². The van der Waals surface area contributed by atoms with Crippen LogP contribution in [0.25, 0.3) is 11.2 Å². The number of anilines is 1. The van der Waals surface area contributed by atoms with E-state index < -0.39 is 19.8 Å². The molecule has 0 fully saturated rings. The van der Waals surface area contributed by atoms with E-state index in [0.29, 0.717) is 29.2 Å². The molecule has 2 aromatic heterocycles. The Morgan fingerprint density at radius 2 is 2.06 bits per heavy atom. The lowest BCUT2D eigenvalue weighted by Crippen LogP contribution is -2.35. The zero-order valence-corrected chi connectivity index (χ0v) is 21.1. The molecule has 0 amide bonds. The summed E-state index contributed by atoms with van der Waals surface area (Å²) in [6.07, 6.45) is 6.26. The number of benzene rings is 1. The average Bonchev–Trinajstić information content (AvgIpc) is 3.50. The first-order valence-electron chi connectivity index (χ1n) is 11.5. The van der Waals surface area contributed by atoms with Crippen molar-refractivity contribution in [2.24, 2.45) is 5.92 Å². The fourth-order valence-electron chi connectivity index (χ4n) is 3.84. The van der Waals surface area contributed by atoms with Gasteiger partial charge in [0.25, 0.3) is 0 Å². The number of hydrogen-bond donors (Lipinski definition) is 2. The molecule has 0 spiro atoms. The number of hydrogen-bond acceptors (Lipinski definition) is 10. The monoisotopic (exact) mass is 516 g/mol. The minimum Gasteiger partial charge on any atom is -0.479 e. The average molecular weight is 516 g/mol. The fourth-order valence-corrected chi connectivity index (χ4v) is 5.38. The second kappa shape index (κ2) is 11.1. The Balaban J connectivity index is 1.45. The van der Waals surface area contributed by atoms with E-state index in [9.17, 15) is 9.36 Å². The minimum atomic E-state index is -3.92. The lowest BCUT2D eigenvalue weighted by atomic mass is 10.1. The molecule has 12 nitrogen and oxygen atoms in total. The molecule has 13 heteroatoms. The van der Waals surface area contributed by atoms with Gasteiger partial charge in [0.15, 0.2) is 11.2 Å². The topological polar surface area (TPSA) is 153 Å². The molecule has 4 rings (SSSR count). The molecule has 0 saturated carbocycles. The predicted molar refractivity (Wildman–Crippen MR) is 132 cm³/mol. The van der Waals surface area contributed by atoms with Crippen LogP contribution in [0.4, 0.5) is 5.95 Å². The van der Waals surface area contributed by atoms with Crippen molar-refractivity contribution in [1.29, 1.82) is 0 Å². The summed E-state index contributed by atoms with van der Waals surface area (Å²) in [4.78, 5) is 24.9. The molecule has 0 aliphatic heterocycles. The number of para-hydroxylation sites is 1. The van der Waals surface area contributed by atoms with Gasteiger partial charge in [0.2, 0.25) is 11.8 Å². The van der Waals surface area contributed by atoms with Crippen molar-refractivity contribution in [2.75, 3.05) is 26.1 Å². The fraction of sp³-hybridized carbons (Fsp3) is 0.391. The van der Waals surface area contributed by atoms with Crippen molar-refractivity contribution in [1.82, 2.24) is 24.6 Å². The summed E-state index contributed by atoms with van der Waals surface area (Å²) >= 11 is 0. The zero-order valence-electron chi connectivity index (χ0n) is 20.2. The molecule has 1 aliphatic carbocycles. The van der Waals surface area contributed by atoms with Gasteiger partial charge in [-0.1, -0.05) is 30.4 Å². The molecule has 2 heterocycles. The normalized spacial score (nSPS) is 19.6. The molecule has 3 aromatic rings. The van der Waals surface area contributed by atoms with Crippen molar-refractivity contribution in [3.8, 4) is 11.6 Å². The number of nitrogens with two attached hydrogens (primary N) is 1. The number of carbonyl (C=O) groups is 1. The number of fused-ring (bicyclic) bond motifs is 1. The first kappa shape index (κ1) is 25.6. The Bertz CT molecular complexity index is 1280. The second-order valence-corrected chi connectivity index (χ2v) is 9.86. The summed E-state index contributed by atoms with van der Waals surface area (Å²) in [5, 5.41) is 2.68. The Kier molecular flexibility index (Phi) is 7.88. The maximum absolute atomic E-state index is 13.6. The van der Waals surface area contributed by atoms with Crippen LogP contribution in [0.15, 0.2) is 48.8 Å². The van der Waals surface area contributed by atoms with Crippen LogP contribution in [-0.2, 0) is 18.6 Å². The summed E-state index contributed by atoms with van der Waals surface area (Å²) in [5.74, 6) is 0.103. The van der Waals surface area contributed by atoms with Crippen LogP contribution in [0.1, 0.15) is 26.3 Å². The summed E-state index contributed by atoms with van der Waals surface area (Å²) in [6.45, 7) is 3.53. The van der Waals surface area contributed by atoms with Crippen LogP contribution in [0, 0.1) is 5.92 Å². The van der Waals surface area contributed by atoms with Crippen molar-refractivity contribution in [3.63, 3.8) is 0 Å². The summed E-state index contributed by atoms with van der Waals surface area (Å²) in [7, 11) is -2.43. The number of imidazole rings is 1. The molecule has 0 saturated heterocycles. The van der Waals surface area contributed by atoms with Gasteiger partial charge in [0.05, 0.1) is 32.7 Å². The summed E-state index contributed by atoms with van der Waals surface area (Å²) in [6, 6.07) is 7.64. The Morgan fingerprint density at radius 1 is 1.28 bits per heavy atom. The largest absolute Gasteiger partial charge is 0.479 e. The molecule has 0 bridgehead atoms. The maximum Gasteiger partial charge on any atom is 0.459 e. The number of ether oxygens (including phenoxy) is 2. The Morgan fingerprint density at radius 3 is 2.78 bits per heavy atom. The molecular formula is C23H29N6O6P. The molecule has 1 unspecified atom stereocenters. The van der Waals surface area contributed by atoms with Gasteiger partial charge >= 0.3 is 13.7 Å². The summed E-state index contributed by atoms with van der Waals surface area (Å²) < 4.78 is 37.2. The number of nitrogen functional groups attached to an aromatic ring is 1. The van der Waals surface area contributed by atoms with Crippen LogP contribution in [0.2, 0.25) is 0 Å². The van der Waals surface area contributed by atoms with E-state index in [1.807, 2.05) is 22.8 Å². The Labute approximate surface area is 208 Å². The third-order valence-corrected chi connectivity index (χ3v) is 7.17. The number of allylic oxidation sites excluding steroid dienone is 1. The van der Waals surface area contributed by atoms with Crippen molar-refractivity contribution >= 4 is 30.8 Å². The molecule has 0 radical (unpaired) electrons. The van der Waals surface area contributed by atoms with Crippen LogP contribution in [0.3, 0.4) is 0 Å². The lowest BCUT2D eigenvalue weighted by molar-refractivity contribution is -0.144. The van der Waals surface area contributed by atoms with Crippen LogP contribution in [0.5, 0.6) is 11.6 Å². The predicted octanol–water partition coefficient (Wildman–Crippen LogP) is 3.28. The van der Waals surface area contributed by atoms with E-state index in [2.05, 4.69) is 20.0 Å². The van der Waals surface area contributed by atoms with Crippen LogP contribution >= 0.6 is 7.75 Å². The van der Waals surface area contributed by atoms with Gasteiger partial charge in [-0.2, -0.15) is 15.1 Å². The third kappa shape index (κ3) is 5.84. The number of nitrogens with one attached hydrogen (secondary N) is 1. The standard InChI is InChI=1S/C23H29N6O6P/c1-4-33-22(30)15(2)28-36(31,35-18-8-6-5-7-9-18)34-13-16-10-11-17(12-16)29-14-25-19-20(29)26-23(24)27-21(19)32-3/h5-11,14-17H,4,12-13H2,1-3H3,(H,28,31)(H2,24,26,27)/t15-,16+,17-,36?/m0/s1. The quantitative estimate of drug-likeness (QED) is 0.219. The highest BCUT2D eigenvalue weighted by molar-refractivity contribution is 7.52. The van der Waals surface area contributed by atoms with Crippen molar-refractivity contribution < 1.29 is 27.9 Å². The highest BCUT2D eigenvalue weighted by atomic mass is 31.2. The number of nitrogens with zero attached hydrogens (tertiary/aromatic N) is 4.